The molecule has 2 aromatic rings. The van der Waals surface area contributed by atoms with Gasteiger partial charge in [-0.2, -0.15) is 0 Å². The van der Waals surface area contributed by atoms with Gasteiger partial charge in [-0.25, -0.2) is 4.79 Å². The van der Waals surface area contributed by atoms with Gasteiger partial charge in [0.15, 0.2) is 11.6 Å². The molecular weight excluding hydrogens is 399 g/mol. The first-order valence-electron chi connectivity index (χ1n) is 7.12. The number of carbonyl (C=O) groups excluding carboxylic acids is 2. The van der Waals surface area contributed by atoms with Crippen LogP contribution in [0.15, 0.2) is 66.4 Å². The number of hydrogen-bond acceptors (Lipinski definition) is 4. The molecule has 0 aliphatic carbocycles. The van der Waals surface area contributed by atoms with Crippen LogP contribution >= 0.6 is 0 Å². The number of aromatic carboxylic acids is 1. The van der Waals surface area contributed by atoms with Crippen molar-refractivity contribution < 1.29 is 50.8 Å². The summed E-state index contributed by atoms with van der Waals surface area (Å²) in [5.41, 5.74) is 1.26. The topological polar surface area (TPSA) is 91.7 Å². The fourth-order valence-electron chi connectivity index (χ4n) is 1.81. The van der Waals surface area contributed by atoms with Crippen molar-refractivity contribution in [2.45, 2.75) is 13.8 Å². The van der Waals surface area contributed by atoms with E-state index in [1.165, 1.54) is 44.2 Å². The summed E-state index contributed by atoms with van der Waals surface area (Å²) in [5, 5.41) is 17.1. The van der Waals surface area contributed by atoms with E-state index >= 15 is 0 Å². The number of aliphatic hydroxyl groups is 1. The van der Waals surface area contributed by atoms with Crippen LogP contribution in [0.4, 0.5) is 0 Å². The third kappa shape index (κ3) is 8.36. The summed E-state index contributed by atoms with van der Waals surface area (Å²) in [4.78, 5) is 32.7. The molecule has 0 heterocycles. The zero-order valence-electron chi connectivity index (χ0n) is 13.9. The molecule has 128 valence electrons. The number of carboxylic acid groups (broad SMARTS) is 1. The molecule has 0 fully saturated rings. The van der Waals surface area contributed by atoms with Gasteiger partial charge in [-0.05, 0) is 26.0 Å². The van der Waals surface area contributed by atoms with E-state index < -0.39 is 5.97 Å². The summed E-state index contributed by atoms with van der Waals surface area (Å²) in [6, 6.07) is 14.8. The molecule has 2 N–H and O–H groups in total. The Hall–Kier alpha value is -2.33. The van der Waals surface area contributed by atoms with Gasteiger partial charge in [0.1, 0.15) is 0 Å². The van der Waals surface area contributed by atoms with Crippen LogP contribution < -0.4 is 0 Å². The number of allylic oxidation sites excluding steroid dienone is 2. The Kier molecular flexibility index (Phi) is 10.2. The van der Waals surface area contributed by atoms with Crippen molar-refractivity contribution >= 4 is 17.5 Å². The number of ketones is 2. The smallest absolute Gasteiger partial charge is 0.335 e. The minimum absolute atomic E-state index is 0. The van der Waals surface area contributed by atoms with Crippen LogP contribution in [0.1, 0.15) is 40.1 Å². The van der Waals surface area contributed by atoms with E-state index in [2.05, 4.69) is 0 Å². The second kappa shape index (κ2) is 11.3. The third-order valence-electron chi connectivity index (χ3n) is 2.84. The molecule has 2 aromatic carbocycles. The molecule has 0 spiro atoms. The Morgan fingerprint density at radius 3 is 1.56 bits per heavy atom. The first-order valence-corrected chi connectivity index (χ1v) is 7.12. The first kappa shape index (κ1) is 22.7. The normalized spacial score (nSPS) is 9.92. The van der Waals surface area contributed by atoms with Gasteiger partial charge in [-0.1, -0.05) is 42.5 Å². The maximum atomic E-state index is 12.0. The summed E-state index contributed by atoms with van der Waals surface area (Å²) in [7, 11) is 0. The Morgan fingerprint density at radius 2 is 1.20 bits per heavy atom. The number of rotatable bonds is 4. The van der Waals surface area contributed by atoms with Crippen LogP contribution in [0.25, 0.3) is 0 Å². The molecule has 5 nitrogen and oxygen atoms in total. The molecule has 0 aliphatic heterocycles. The van der Waals surface area contributed by atoms with Crippen LogP contribution in [0.3, 0.4) is 0 Å². The Morgan fingerprint density at radius 1 is 0.760 bits per heavy atom. The quantitative estimate of drug-likeness (QED) is 0.450. The molecule has 0 radical (unpaired) electrons. The Labute approximate surface area is 165 Å². The molecule has 0 amide bonds. The SMILES string of the molecule is CC(=O)/C=C(/C)O.O=C(O)c1ccc(C(=O)c2ccccc2)cc1.[Zr]. The number of benzene rings is 2. The fraction of sp³-hybridized carbons (Fsp3) is 0.105. The number of aliphatic hydroxyl groups excluding tert-OH is 1. The minimum Gasteiger partial charge on any atom is -0.512 e. The van der Waals surface area contributed by atoms with E-state index in [0.29, 0.717) is 11.1 Å². The van der Waals surface area contributed by atoms with Gasteiger partial charge in [-0.15, -0.1) is 0 Å². The summed E-state index contributed by atoms with van der Waals surface area (Å²) in [5.74, 6) is -1.17. The summed E-state index contributed by atoms with van der Waals surface area (Å²) < 4.78 is 0. The van der Waals surface area contributed by atoms with Gasteiger partial charge in [0.2, 0.25) is 0 Å². The van der Waals surface area contributed by atoms with Gasteiger partial charge in [0.25, 0.3) is 0 Å². The largest absolute Gasteiger partial charge is 0.512 e. The van der Waals surface area contributed by atoms with Crippen molar-refractivity contribution in [2.24, 2.45) is 0 Å². The van der Waals surface area contributed by atoms with Gasteiger partial charge in [0.05, 0.1) is 11.3 Å². The van der Waals surface area contributed by atoms with E-state index in [0.717, 1.165) is 0 Å². The molecule has 0 bridgehead atoms. The zero-order valence-corrected chi connectivity index (χ0v) is 16.4. The Bertz CT molecular complexity index is 745. The predicted octanol–water partition coefficient (Wildman–Crippen LogP) is 3.65. The average Bonchev–Trinajstić information content (AvgIpc) is 2.54. The second-order valence-electron chi connectivity index (χ2n) is 4.97. The van der Waals surface area contributed by atoms with Gasteiger partial charge in [0, 0.05) is 43.4 Å². The van der Waals surface area contributed by atoms with Crippen molar-refractivity contribution in [3.8, 4) is 0 Å². The summed E-state index contributed by atoms with van der Waals surface area (Å²) in [6.45, 7) is 2.85. The number of carbonyl (C=O) groups is 3. The predicted molar refractivity (Wildman–Crippen MR) is 90.3 cm³/mol. The molecule has 0 saturated heterocycles. The Balaban J connectivity index is 0.000000620. The van der Waals surface area contributed by atoms with Crippen molar-refractivity contribution in [3.63, 3.8) is 0 Å². The molecule has 0 atom stereocenters. The fourth-order valence-corrected chi connectivity index (χ4v) is 1.81. The second-order valence-corrected chi connectivity index (χ2v) is 4.97. The molecule has 0 saturated carbocycles. The van der Waals surface area contributed by atoms with E-state index in [4.69, 9.17) is 10.2 Å². The molecule has 2 rings (SSSR count). The minimum atomic E-state index is -0.997. The zero-order chi connectivity index (χ0) is 18.1. The molecular formula is C19H18O5Zr. The van der Waals surface area contributed by atoms with E-state index in [1.807, 2.05) is 6.07 Å². The summed E-state index contributed by atoms with van der Waals surface area (Å²) in [6.07, 6.45) is 1.17. The van der Waals surface area contributed by atoms with Crippen LogP contribution in [0.5, 0.6) is 0 Å². The maximum absolute atomic E-state index is 12.0. The molecule has 0 aliphatic rings. The van der Waals surface area contributed by atoms with Gasteiger partial charge >= 0.3 is 5.97 Å². The molecule has 6 heteroatoms. The summed E-state index contributed by atoms with van der Waals surface area (Å²) >= 11 is 0. The van der Waals surface area contributed by atoms with Crippen molar-refractivity contribution in [3.05, 3.63) is 83.1 Å². The average molecular weight is 418 g/mol. The van der Waals surface area contributed by atoms with Crippen molar-refractivity contribution in [1.82, 2.24) is 0 Å². The monoisotopic (exact) mass is 416 g/mol. The molecule has 0 unspecified atom stereocenters. The number of hydrogen-bond donors (Lipinski definition) is 2. The van der Waals surface area contributed by atoms with Crippen LogP contribution in [0, 0.1) is 0 Å². The van der Waals surface area contributed by atoms with Crippen molar-refractivity contribution in [1.29, 1.82) is 0 Å². The molecule has 25 heavy (non-hydrogen) atoms. The molecule has 0 aromatic heterocycles. The first-order chi connectivity index (χ1) is 11.3. The van der Waals surface area contributed by atoms with E-state index in [-0.39, 0.29) is 49.1 Å². The van der Waals surface area contributed by atoms with Crippen molar-refractivity contribution in [2.75, 3.05) is 0 Å². The number of carboxylic acids is 1. The van der Waals surface area contributed by atoms with Crippen LogP contribution in [-0.2, 0) is 31.0 Å². The van der Waals surface area contributed by atoms with E-state index in [9.17, 15) is 14.4 Å². The van der Waals surface area contributed by atoms with Crippen LogP contribution in [0.2, 0.25) is 0 Å². The third-order valence-corrected chi connectivity index (χ3v) is 2.84. The maximum Gasteiger partial charge on any atom is 0.335 e. The van der Waals surface area contributed by atoms with Gasteiger partial charge < -0.3 is 10.2 Å². The van der Waals surface area contributed by atoms with Gasteiger partial charge in [-0.3, -0.25) is 9.59 Å². The van der Waals surface area contributed by atoms with Crippen LogP contribution in [-0.4, -0.2) is 27.7 Å². The standard InChI is InChI=1S/C14H10O3.C5H8O2.Zr/c15-13(10-4-2-1-3-5-10)11-6-8-12(9-7-11)14(16)17;1-4(6)3-5(2)7;/h1-9H,(H,16,17);3,6H,1-2H3;/b;4-3-;. The van der Waals surface area contributed by atoms with E-state index in [1.54, 1.807) is 24.3 Å².